The second kappa shape index (κ2) is 7.19. The minimum Gasteiger partial charge on any atom is -0.490 e. The first-order valence-electron chi connectivity index (χ1n) is 7.77. The van der Waals surface area contributed by atoms with Crippen LogP contribution in [0.5, 0.6) is 5.75 Å². The molecular weight excluding hydrogens is 312 g/mol. The van der Waals surface area contributed by atoms with Gasteiger partial charge in [0.05, 0.1) is 19.6 Å². The number of carbonyl (C=O) groups is 1. The number of aromatic nitrogens is 2. The Hall–Kier alpha value is -1.79. The number of hydrogen-bond donors (Lipinski definition) is 0. The van der Waals surface area contributed by atoms with Crippen LogP contribution >= 0.6 is 11.3 Å². The lowest BCUT2D eigenvalue weighted by Gasteiger charge is -2.23. The second-order valence-electron chi connectivity index (χ2n) is 5.74. The Bertz CT molecular complexity index is 693. The summed E-state index contributed by atoms with van der Waals surface area (Å²) in [5.41, 5.74) is 2.17. The van der Waals surface area contributed by atoms with Gasteiger partial charge in [-0.05, 0) is 13.8 Å². The lowest BCUT2D eigenvalue weighted by Crippen LogP contribution is -2.26. The Morgan fingerprint density at radius 1 is 1.26 bits per heavy atom. The zero-order chi connectivity index (χ0) is 16.2. The fourth-order valence-corrected chi connectivity index (χ4v) is 3.32. The molecule has 0 radical (unpaired) electrons. The van der Waals surface area contributed by atoms with Crippen LogP contribution in [-0.2, 0) is 11.2 Å². The van der Waals surface area contributed by atoms with E-state index in [1.54, 1.807) is 6.07 Å². The maximum atomic E-state index is 12.4. The SMILES string of the molecule is Cc1cc(OC2CCOCC2)cc(C(=O)Cc2nc(C)cs2)n1. The van der Waals surface area contributed by atoms with Crippen molar-refractivity contribution < 1.29 is 14.3 Å². The molecule has 1 saturated heterocycles. The molecule has 0 saturated carbocycles. The molecule has 0 bridgehead atoms. The number of pyridine rings is 1. The van der Waals surface area contributed by atoms with Gasteiger partial charge in [-0.1, -0.05) is 0 Å². The van der Waals surface area contributed by atoms with Crippen molar-refractivity contribution in [3.05, 3.63) is 39.6 Å². The number of nitrogens with zero attached hydrogens (tertiary/aromatic N) is 2. The average Bonchev–Trinajstić information content (AvgIpc) is 2.93. The van der Waals surface area contributed by atoms with E-state index in [-0.39, 0.29) is 18.3 Å². The summed E-state index contributed by atoms with van der Waals surface area (Å²) in [5, 5.41) is 2.77. The Morgan fingerprint density at radius 2 is 2.04 bits per heavy atom. The van der Waals surface area contributed by atoms with E-state index < -0.39 is 0 Å². The van der Waals surface area contributed by atoms with Crippen molar-refractivity contribution in [1.29, 1.82) is 0 Å². The molecular formula is C17H20N2O3S. The van der Waals surface area contributed by atoms with Crippen molar-refractivity contribution in [3.63, 3.8) is 0 Å². The third-order valence-electron chi connectivity index (χ3n) is 3.66. The van der Waals surface area contributed by atoms with Crippen LogP contribution in [0.3, 0.4) is 0 Å². The van der Waals surface area contributed by atoms with Gasteiger partial charge in [-0.15, -0.1) is 11.3 Å². The lowest BCUT2D eigenvalue weighted by molar-refractivity contribution is 0.0254. The molecule has 23 heavy (non-hydrogen) atoms. The Kier molecular flexibility index (Phi) is 5.03. The highest BCUT2D eigenvalue weighted by atomic mass is 32.1. The van der Waals surface area contributed by atoms with E-state index in [2.05, 4.69) is 9.97 Å². The number of ether oxygens (including phenoxy) is 2. The summed E-state index contributed by atoms with van der Waals surface area (Å²) >= 11 is 1.50. The highest BCUT2D eigenvalue weighted by molar-refractivity contribution is 7.09. The van der Waals surface area contributed by atoms with Crippen LogP contribution in [0.15, 0.2) is 17.5 Å². The topological polar surface area (TPSA) is 61.3 Å². The fraction of sp³-hybridized carbons (Fsp3) is 0.471. The molecule has 6 heteroatoms. The van der Waals surface area contributed by atoms with E-state index >= 15 is 0 Å². The molecule has 2 aromatic rings. The molecule has 3 heterocycles. The molecule has 5 nitrogen and oxygen atoms in total. The summed E-state index contributed by atoms with van der Waals surface area (Å²) in [7, 11) is 0. The van der Waals surface area contributed by atoms with Crippen LogP contribution < -0.4 is 4.74 Å². The molecule has 0 aromatic carbocycles. The number of thiazole rings is 1. The molecule has 0 aliphatic carbocycles. The largest absolute Gasteiger partial charge is 0.490 e. The molecule has 0 amide bonds. The monoisotopic (exact) mass is 332 g/mol. The van der Waals surface area contributed by atoms with E-state index in [1.807, 2.05) is 25.3 Å². The van der Waals surface area contributed by atoms with Gasteiger partial charge in [0.2, 0.25) is 0 Å². The summed E-state index contributed by atoms with van der Waals surface area (Å²) in [6.07, 6.45) is 2.19. The predicted molar refractivity (Wildman–Crippen MR) is 88.3 cm³/mol. The maximum absolute atomic E-state index is 12.4. The first-order chi connectivity index (χ1) is 11.1. The molecule has 1 aliphatic rings. The lowest BCUT2D eigenvalue weighted by atomic mass is 10.1. The molecule has 1 fully saturated rings. The van der Waals surface area contributed by atoms with Crippen molar-refractivity contribution >= 4 is 17.1 Å². The normalized spacial score (nSPS) is 15.6. The van der Waals surface area contributed by atoms with Gasteiger partial charge in [-0.3, -0.25) is 4.79 Å². The summed E-state index contributed by atoms with van der Waals surface area (Å²) in [6.45, 7) is 5.25. The maximum Gasteiger partial charge on any atom is 0.188 e. The minimum absolute atomic E-state index is 0.0279. The Labute approximate surface area is 139 Å². The van der Waals surface area contributed by atoms with Gasteiger partial charge >= 0.3 is 0 Å². The molecule has 122 valence electrons. The molecule has 0 spiro atoms. The van der Waals surface area contributed by atoms with Gasteiger partial charge in [0.15, 0.2) is 5.78 Å². The highest BCUT2D eigenvalue weighted by Crippen LogP contribution is 2.21. The van der Waals surface area contributed by atoms with E-state index in [4.69, 9.17) is 9.47 Å². The van der Waals surface area contributed by atoms with Gasteiger partial charge in [-0.2, -0.15) is 0 Å². The highest BCUT2D eigenvalue weighted by Gasteiger charge is 2.18. The second-order valence-corrected chi connectivity index (χ2v) is 6.68. The van der Waals surface area contributed by atoms with Crippen LogP contribution in [0.4, 0.5) is 0 Å². The van der Waals surface area contributed by atoms with Gasteiger partial charge in [0, 0.05) is 41.7 Å². The van der Waals surface area contributed by atoms with Gasteiger partial charge in [0.25, 0.3) is 0 Å². The molecule has 2 aromatic heterocycles. The number of aryl methyl sites for hydroxylation is 2. The fourth-order valence-electron chi connectivity index (χ4n) is 2.55. The van der Waals surface area contributed by atoms with Crippen molar-refractivity contribution in [2.75, 3.05) is 13.2 Å². The molecule has 0 atom stereocenters. The summed E-state index contributed by atoms with van der Waals surface area (Å²) in [5.74, 6) is 0.683. The van der Waals surface area contributed by atoms with E-state index in [9.17, 15) is 4.79 Å². The van der Waals surface area contributed by atoms with Crippen molar-refractivity contribution in [2.45, 2.75) is 39.2 Å². The number of hydrogen-bond acceptors (Lipinski definition) is 6. The number of Topliss-reactive ketones (excluding diaryl/α,β-unsaturated/α-hetero) is 1. The zero-order valence-electron chi connectivity index (χ0n) is 13.4. The molecule has 3 rings (SSSR count). The van der Waals surface area contributed by atoms with E-state index in [1.165, 1.54) is 11.3 Å². The molecule has 1 aliphatic heterocycles. The Balaban J connectivity index is 1.72. The smallest absolute Gasteiger partial charge is 0.188 e. The van der Waals surface area contributed by atoms with Crippen molar-refractivity contribution in [2.24, 2.45) is 0 Å². The predicted octanol–water partition coefficient (Wildman–Crippen LogP) is 3.14. The van der Waals surface area contributed by atoms with Gasteiger partial charge < -0.3 is 9.47 Å². The number of ketones is 1. The average molecular weight is 332 g/mol. The third-order valence-corrected chi connectivity index (χ3v) is 4.63. The Morgan fingerprint density at radius 3 is 2.74 bits per heavy atom. The van der Waals surface area contributed by atoms with Crippen molar-refractivity contribution in [1.82, 2.24) is 9.97 Å². The van der Waals surface area contributed by atoms with Gasteiger partial charge in [-0.25, -0.2) is 9.97 Å². The third kappa shape index (κ3) is 4.36. The van der Waals surface area contributed by atoms with E-state index in [0.717, 1.165) is 42.5 Å². The summed E-state index contributed by atoms with van der Waals surface area (Å²) in [6, 6.07) is 3.62. The quantitative estimate of drug-likeness (QED) is 0.787. The van der Waals surface area contributed by atoms with E-state index in [0.29, 0.717) is 11.4 Å². The van der Waals surface area contributed by atoms with Crippen LogP contribution in [-0.4, -0.2) is 35.1 Å². The first-order valence-corrected chi connectivity index (χ1v) is 8.65. The summed E-state index contributed by atoms with van der Waals surface area (Å²) < 4.78 is 11.3. The van der Waals surface area contributed by atoms with Crippen molar-refractivity contribution in [3.8, 4) is 5.75 Å². The van der Waals surface area contributed by atoms with Crippen LogP contribution in [0.1, 0.15) is 39.7 Å². The van der Waals surface area contributed by atoms with Crippen LogP contribution in [0.25, 0.3) is 0 Å². The first kappa shape index (κ1) is 16.1. The van der Waals surface area contributed by atoms with Crippen LogP contribution in [0.2, 0.25) is 0 Å². The number of rotatable bonds is 5. The van der Waals surface area contributed by atoms with Crippen LogP contribution in [0, 0.1) is 13.8 Å². The zero-order valence-corrected chi connectivity index (χ0v) is 14.2. The van der Waals surface area contributed by atoms with Gasteiger partial charge in [0.1, 0.15) is 22.6 Å². The number of carbonyl (C=O) groups excluding carboxylic acids is 1. The standard InChI is InChI=1S/C17H20N2O3S/c1-11-7-14(22-13-3-5-21-6-4-13)8-15(18-11)16(20)9-17-19-12(2)10-23-17/h7-8,10,13H,3-6,9H2,1-2H3. The minimum atomic E-state index is -0.0279. The molecule has 0 N–H and O–H groups in total. The summed E-state index contributed by atoms with van der Waals surface area (Å²) in [4.78, 5) is 21.1. The molecule has 0 unspecified atom stereocenters.